The molecule has 0 unspecified atom stereocenters. The van der Waals surface area contributed by atoms with Crippen molar-refractivity contribution >= 4 is 5.97 Å². The Labute approximate surface area is 231 Å². The van der Waals surface area contributed by atoms with Crippen molar-refractivity contribution in [3.63, 3.8) is 0 Å². The summed E-state index contributed by atoms with van der Waals surface area (Å²) in [4.78, 5) is 21.9. The zero-order chi connectivity index (χ0) is 26.8. The maximum Gasteiger partial charge on any atom is 0.314 e. The van der Waals surface area contributed by atoms with E-state index in [0.717, 1.165) is 50.0 Å². The third-order valence-corrected chi connectivity index (χ3v) is 8.06. The monoisotopic (exact) mass is 518 g/mol. The lowest BCUT2D eigenvalue weighted by molar-refractivity contribution is -0.140. The van der Waals surface area contributed by atoms with Gasteiger partial charge in [0, 0.05) is 18.0 Å². The van der Waals surface area contributed by atoms with Crippen molar-refractivity contribution < 1.29 is 9.53 Å². The van der Waals surface area contributed by atoms with Crippen LogP contribution in [0.5, 0.6) is 5.75 Å². The lowest BCUT2D eigenvalue weighted by Gasteiger charge is -2.27. The van der Waals surface area contributed by atoms with Gasteiger partial charge in [0.15, 0.2) is 5.82 Å². The standard InChI is InChI=1S/C34H50N2O2/c1-3-5-7-9-11-13-15-17-29-26-35-33(36-27-29)30-22-24-32(25-23-30)38-34(37)31-20-18-28(19-21-31)16-14-12-10-8-6-4-2/h4,22-28,31H,2-3,5-21H2,1H3. The molecule has 0 amide bonds. The number of esters is 1. The van der Waals surface area contributed by atoms with Crippen molar-refractivity contribution in [3.8, 4) is 17.1 Å². The van der Waals surface area contributed by atoms with Crippen molar-refractivity contribution in [2.75, 3.05) is 0 Å². The summed E-state index contributed by atoms with van der Waals surface area (Å²) in [5, 5.41) is 0. The Morgan fingerprint density at radius 3 is 2.18 bits per heavy atom. The number of nitrogens with zero attached hydrogens (tertiary/aromatic N) is 2. The Kier molecular flexibility index (Phi) is 14.2. The minimum Gasteiger partial charge on any atom is -0.426 e. The van der Waals surface area contributed by atoms with Crippen molar-refractivity contribution in [3.05, 3.63) is 54.9 Å². The van der Waals surface area contributed by atoms with Crippen LogP contribution in [0.3, 0.4) is 0 Å². The first-order chi connectivity index (χ1) is 18.7. The predicted molar refractivity (Wildman–Crippen MR) is 158 cm³/mol. The van der Waals surface area contributed by atoms with E-state index in [-0.39, 0.29) is 11.9 Å². The molecule has 4 heteroatoms. The fraction of sp³-hybridized carbons (Fsp3) is 0.618. The maximum atomic E-state index is 12.7. The molecule has 2 aromatic rings. The summed E-state index contributed by atoms with van der Waals surface area (Å²) in [5.74, 6) is 2.05. The molecule has 3 rings (SSSR count). The van der Waals surface area contributed by atoms with Gasteiger partial charge in [0.25, 0.3) is 0 Å². The summed E-state index contributed by atoms with van der Waals surface area (Å²) in [5.41, 5.74) is 2.14. The lowest BCUT2D eigenvalue weighted by Crippen LogP contribution is -2.25. The number of rotatable bonds is 18. The zero-order valence-electron chi connectivity index (χ0n) is 23.8. The Balaban J connectivity index is 1.34. The molecule has 1 aliphatic carbocycles. The number of aryl methyl sites for hydroxylation is 1. The van der Waals surface area contributed by atoms with Gasteiger partial charge in [-0.05, 0) is 87.1 Å². The number of ether oxygens (including phenoxy) is 1. The van der Waals surface area contributed by atoms with Gasteiger partial charge in [-0.25, -0.2) is 9.97 Å². The first-order valence-corrected chi connectivity index (χ1v) is 15.4. The van der Waals surface area contributed by atoms with Crippen LogP contribution in [0.1, 0.15) is 122 Å². The molecule has 1 heterocycles. The van der Waals surface area contributed by atoms with E-state index in [1.165, 1.54) is 82.6 Å². The molecule has 1 aromatic carbocycles. The molecule has 0 N–H and O–H groups in total. The van der Waals surface area contributed by atoms with Gasteiger partial charge < -0.3 is 4.74 Å². The number of carbonyl (C=O) groups is 1. The third-order valence-electron chi connectivity index (χ3n) is 8.06. The third kappa shape index (κ3) is 11.1. The summed E-state index contributed by atoms with van der Waals surface area (Å²) in [6.07, 6.45) is 28.0. The summed E-state index contributed by atoms with van der Waals surface area (Å²) in [7, 11) is 0. The van der Waals surface area contributed by atoms with Crippen LogP contribution in [0.25, 0.3) is 11.4 Å². The molecule has 0 aliphatic heterocycles. The maximum absolute atomic E-state index is 12.7. The number of hydrogen-bond acceptors (Lipinski definition) is 4. The molecule has 0 bridgehead atoms. The molecule has 1 fully saturated rings. The number of carbonyl (C=O) groups excluding carboxylic acids is 1. The van der Waals surface area contributed by atoms with Gasteiger partial charge in [0.1, 0.15) is 5.75 Å². The molecule has 0 radical (unpaired) electrons. The second-order valence-electron chi connectivity index (χ2n) is 11.2. The van der Waals surface area contributed by atoms with Gasteiger partial charge >= 0.3 is 5.97 Å². The van der Waals surface area contributed by atoms with E-state index in [9.17, 15) is 4.79 Å². The van der Waals surface area contributed by atoms with Gasteiger partial charge in [-0.1, -0.05) is 77.2 Å². The van der Waals surface area contributed by atoms with Crippen LogP contribution in [0.2, 0.25) is 0 Å². The molecule has 1 aromatic heterocycles. The fourth-order valence-electron chi connectivity index (χ4n) is 5.55. The predicted octanol–water partition coefficient (Wildman–Crippen LogP) is 9.68. The normalized spacial score (nSPS) is 17.3. The van der Waals surface area contributed by atoms with Crippen LogP contribution < -0.4 is 4.74 Å². The molecule has 4 nitrogen and oxygen atoms in total. The van der Waals surface area contributed by atoms with Crippen molar-refractivity contribution in [1.82, 2.24) is 9.97 Å². The quantitative estimate of drug-likeness (QED) is 0.0853. The van der Waals surface area contributed by atoms with E-state index in [2.05, 4.69) is 23.5 Å². The minimum atomic E-state index is -0.0772. The van der Waals surface area contributed by atoms with E-state index in [1.54, 1.807) is 0 Å². The van der Waals surface area contributed by atoms with Crippen LogP contribution in [-0.2, 0) is 11.2 Å². The minimum absolute atomic E-state index is 0.0331. The number of allylic oxidation sites excluding steroid dienone is 1. The van der Waals surface area contributed by atoms with Crippen molar-refractivity contribution in [1.29, 1.82) is 0 Å². The Bertz CT molecular complexity index is 915. The fourth-order valence-corrected chi connectivity index (χ4v) is 5.55. The van der Waals surface area contributed by atoms with Crippen LogP contribution in [-0.4, -0.2) is 15.9 Å². The molecule has 0 atom stereocenters. The summed E-state index contributed by atoms with van der Waals surface area (Å²) < 4.78 is 5.73. The molecule has 0 saturated heterocycles. The van der Waals surface area contributed by atoms with Crippen LogP contribution in [0.4, 0.5) is 0 Å². The average molecular weight is 519 g/mol. The second kappa shape index (κ2) is 17.9. The lowest BCUT2D eigenvalue weighted by atomic mass is 9.80. The van der Waals surface area contributed by atoms with Crippen LogP contribution in [0.15, 0.2) is 49.3 Å². The zero-order valence-corrected chi connectivity index (χ0v) is 23.8. The second-order valence-corrected chi connectivity index (χ2v) is 11.2. The molecule has 0 spiro atoms. The van der Waals surface area contributed by atoms with E-state index < -0.39 is 0 Å². The molecular weight excluding hydrogens is 468 g/mol. The van der Waals surface area contributed by atoms with Crippen molar-refractivity contribution in [2.24, 2.45) is 11.8 Å². The van der Waals surface area contributed by atoms with Gasteiger partial charge in [-0.3, -0.25) is 4.79 Å². The molecule has 1 aliphatic rings. The number of benzene rings is 1. The van der Waals surface area contributed by atoms with E-state index >= 15 is 0 Å². The van der Waals surface area contributed by atoms with E-state index in [4.69, 9.17) is 4.74 Å². The SMILES string of the molecule is C=CCCCCCCC1CCC(C(=O)Oc2ccc(-c3ncc(CCCCCCCCC)cn3)cc2)CC1. The van der Waals surface area contributed by atoms with Crippen LogP contribution in [0, 0.1) is 11.8 Å². The summed E-state index contributed by atoms with van der Waals surface area (Å²) >= 11 is 0. The van der Waals surface area contributed by atoms with Crippen LogP contribution >= 0.6 is 0 Å². The van der Waals surface area contributed by atoms with Crippen molar-refractivity contribution in [2.45, 2.75) is 122 Å². The number of aromatic nitrogens is 2. The number of hydrogen-bond donors (Lipinski definition) is 0. The molecule has 208 valence electrons. The largest absolute Gasteiger partial charge is 0.426 e. The highest BCUT2D eigenvalue weighted by Crippen LogP contribution is 2.33. The highest BCUT2D eigenvalue weighted by molar-refractivity contribution is 5.75. The van der Waals surface area contributed by atoms with Gasteiger partial charge in [0.05, 0.1) is 5.92 Å². The van der Waals surface area contributed by atoms with Gasteiger partial charge in [-0.2, -0.15) is 0 Å². The number of unbranched alkanes of at least 4 members (excludes halogenated alkanes) is 10. The summed E-state index contributed by atoms with van der Waals surface area (Å²) in [6, 6.07) is 7.61. The molecule has 1 saturated carbocycles. The first-order valence-electron chi connectivity index (χ1n) is 15.4. The van der Waals surface area contributed by atoms with E-state index in [1.807, 2.05) is 42.7 Å². The Morgan fingerprint density at radius 2 is 1.50 bits per heavy atom. The van der Waals surface area contributed by atoms with Gasteiger partial charge in [-0.15, -0.1) is 6.58 Å². The Hall–Kier alpha value is -2.49. The highest BCUT2D eigenvalue weighted by Gasteiger charge is 2.27. The summed E-state index contributed by atoms with van der Waals surface area (Å²) in [6.45, 7) is 6.05. The first kappa shape index (κ1) is 30.1. The molecule has 38 heavy (non-hydrogen) atoms. The Morgan fingerprint density at radius 1 is 0.868 bits per heavy atom. The average Bonchev–Trinajstić information content (AvgIpc) is 2.95. The van der Waals surface area contributed by atoms with E-state index in [0.29, 0.717) is 11.6 Å². The smallest absolute Gasteiger partial charge is 0.314 e. The molecular formula is C34H50N2O2. The highest BCUT2D eigenvalue weighted by atomic mass is 16.5. The van der Waals surface area contributed by atoms with Gasteiger partial charge in [0.2, 0.25) is 0 Å². The topological polar surface area (TPSA) is 52.1 Å².